The Labute approximate surface area is 65.8 Å². The van der Waals surface area contributed by atoms with E-state index in [4.69, 9.17) is 0 Å². The first-order valence-electron chi connectivity index (χ1n) is 3.77. The van der Waals surface area contributed by atoms with Crippen LogP contribution in [0.5, 0.6) is 0 Å². The molecule has 11 heavy (non-hydrogen) atoms. The summed E-state index contributed by atoms with van der Waals surface area (Å²) in [4.78, 5) is 4.03. The minimum atomic E-state index is 0.184. The van der Waals surface area contributed by atoms with Crippen LogP contribution in [0.3, 0.4) is 0 Å². The first-order valence-corrected chi connectivity index (χ1v) is 3.77. The lowest BCUT2D eigenvalue weighted by Crippen LogP contribution is -2.16. The van der Waals surface area contributed by atoms with Crippen LogP contribution >= 0.6 is 0 Å². The van der Waals surface area contributed by atoms with E-state index in [9.17, 15) is 0 Å². The van der Waals surface area contributed by atoms with Crippen LogP contribution in [-0.4, -0.2) is 18.1 Å². The molecule has 1 radical (unpaired) electrons. The topological polar surface area (TPSA) is 39.0 Å². The Morgan fingerprint density at radius 1 is 1.55 bits per heavy atom. The van der Waals surface area contributed by atoms with E-state index in [1.807, 2.05) is 18.3 Å². The van der Waals surface area contributed by atoms with Crippen LogP contribution in [0.4, 0.5) is 0 Å². The third-order valence-electron chi connectivity index (χ3n) is 1.76. The summed E-state index contributed by atoms with van der Waals surface area (Å²) < 4.78 is 0. The zero-order chi connectivity index (χ0) is 7.52. The van der Waals surface area contributed by atoms with Gasteiger partial charge in [0.15, 0.2) is 0 Å². The number of aromatic nitrogens is 1. The Kier molecular flexibility index (Phi) is 1.83. The summed E-state index contributed by atoms with van der Waals surface area (Å²) in [5.41, 5.74) is 1.16. The third kappa shape index (κ3) is 1.39. The second-order valence-corrected chi connectivity index (χ2v) is 2.55. The van der Waals surface area contributed by atoms with Gasteiger partial charge in [-0.25, -0.2) is 5.32 Å². The molecule has 1 saturated heterocycles. The number of nitrogens with one attached hydrogen (secondary N) is 1. The summed E-state index contributed by atoms with van der Waals surface area (Å²) in [5, 5.41) is 7.62. The Morgan fingerprint density at radius 2 is 2.55 bits per heavy atom. The number of hydrogen-bond acceptors (Lipinski definition) is 2. The monoisotopic (exact) mass is 148 g/mol. The van der Waals surface area contributed by atoms with Crippen molar-refractivity contribution >= 4 is 0 Å². The van der Waals surface area contributed by atoms with Crippen molar-refractivity contribution in [1.29, 1.82) is 0 Å². The van der Waals surface area contributed by atoms with Gasteiger partial charge in [0.05, 0.1) is 0 Å². The smallest absolute Gasteiger partial charge is 0.101 e. The van der Waals surface area contributed by atoms with E-state index in [0.717, 1.165) is 18.7 Å². The van der Waals surface area contributed by atoms with E-state index in [-0.39, 0.29) is 6.17 Å². The van der Waals surface area contributed by atoms with Crippen molar-refractivity contribution in [3.63, 3.8) is 0 Å². The summed E-state index contributed by atoms with van der Waals surface area (Å²) in [6, 6.07) is 3.98. The van der Waals surface area contributed by atoms with Crippen LogP contribution in [0.1, 0.15) is 11.7 Å². The van der Waals surface area contributed by atoms with Gasteiger partial charge >= 0.3 is 0 Å². The minimum absolute atomic E-state index is 0.184. The predicted octanol–water partition coefficient (Wildman–Crippen LogP) is 0.288. The average Bonchev–Trinajstić information content (AvgIpc) is 2.58. The van der Waals surface area contributed by atoms with Crippen LogP contribution in [0, 0.1) is 0 Å². The van der Waals surface area contributed by atoms with Gasteiger partial charge in [0.25, 0.3) is 0 Å². The standard InChI is InChI=1S/C8H10N3/c1-2-7(6-9-3-1)8-10-4-5-11-8/h1-3,6,8,10H,4-5H2. The van der Waals surface area contributed by atoms with Crippen LogP contribution in [-0.2, 0) is 0 Å². The Hall–Kier alpha value is -0.930. The molecular weight excluding hydrogens is 138 g/mol. The van der Waals surface area contributed by atoms with Gasteiger partial charge in [-0.1, -0.05) is 6.07 Å². The van der Waals surface area contributed by atoms with Gasteiger partial charge < -0.3 is 0 Å². The van der Waals surface area contributed by atoms with Crippen molar-refractivity contribution < 1.29 is 0 Å². The summed E-state index contributed by atoms with van der Waals surface area (Å²) >= 11 is 0. The molecule has 0 aromatic carbocycles. The van der Waals surface area contributed by atoms with Crippen LogP contribution in [0.2, 0.25) is 0 Å². The van der Waals surface area contributed by atoms with E-state index in [1.54, 1.807) is 6.20 Å². The SMILES string of the molecule is c1cncc(C2[N]CCN2)c1. The zero-order valence-electron chi connectivity index (χ0n) is 6.20. The van der Waals surface area contributed by atoms with Crippen molar-refractivity contribution in [1.82, 2.24) is 15.6 Å². The molecule has 0 bridgehead atoms. The van der Waals surface area contributed by atoms with Crippen molar-refractivity contribution in [2.24, 2.45) is 0 Å². The second-order valence-electron chi connectivity index (χ2n) is 2.55. The highest BCUT2D eigenvalue weighted by atomic mass is 15.2. The van der Waals surface area contributed by atoms with Crippen LogP contribution in [0.25, 0.3) is 0 Å². The predicted molar refractivity (Wildman–Crippen MR) is 42.0 cm³/mol. The molecule has 0 spiro atoms. The molecule has 3 nitrogen and oxygen atoms in total. The third-order valence-corrected chi connectivity index (χ3v) is 1.76. The van der Waals surface area contributed by atoms with Crippen LogP contribution < -0.4 is 10.6 Å². The number of hydrogen-bond donors (Lipinski definition) is 1. The first-order chi connectivity index (χ1) is 5.47. The number of rotatable bonds is 1. The van der Waals surface area contributed by atoms with Gasteiger partial charge in [-0.3, -0.25) is 10.3 Å². The fourth-order valence-corrected chi connectivity index (χ4v) is 1.22. The molecule has 2 heterocycles. The van der Waals surface area contributed by atoms with Gasteiger partial charge in [0.1, 0.15) is 6.17 Å². The summed E-state index contributed by atoms with van der Waals surface area (Å²) in [5.74, 6) is 0. The highest BCUT2D eigenvalue weighted by Gasteiger charge is 2.15. The lowest BCUT2D eigenvalue weighted by Gasteiger charge is -2.07. The minimum Gasteiger partial charge on any atom is -0.296 e. The van der Waals surface area contributed by atoms with Crippen molar-refractivity contribution in [3.05, 3.63) is 30.1 Å². The molecule has 1 fully saturated rings. The van der Waals surface area contributed by atoms with E-state index >= 15 is 0 Å². The molecule has 1 aliphatic rings. The van der Waals surface area contributed by atoms with E-state index in [2.05, 4.69) is 15.6 Å². The van der Waals surface area contributed by atoms with Crippen molar-refractivity contribution in [2.45, 2.75) is 6.17 Å². The van der Waals surface area contributed by atoms with Gasteiger partial charge in [-0.05, 0) is 6.07 Å². The maximum Gasteiger partial charge on any atom is 0.101 e. The molecule has 1 N–H and O–H groups in total. The molecule has 57 valence electrons. The first kappa shape index (κ1) is 6.76. The maximum absolute atomic E-state index is 4.35. The van der Waals surface area contributed by atoms with Crippen molar-refractivity contribution in [3.8, 4) is 0 Å². The average molecular weight is 148 g/mol. The summed E-state index contributed by atoms with van der Waals surface area (Å²) in [6.07, 6.45) is 3.81. The summed E-state index contributed by atoms with van der Waals surface area (Å²) in [7, 11) is 0. The molecule has 3 heteroatoms. The second kappa shape index (κ2) is 2.98. The molecular formula is C8H10N3. The largest absolute Gasteiger partial charge is 0.296 e. The lowest BCUT2D eigenvalue weighted by molar-refractivity contribution is 0.576. The maximum atomic E-state index is 4.35. The zero-order valence-corrected chi connectivity index (χ0v) is 6.20. The number of pyridine rings is 1. The fraction of sp³-hybridized carbons (Fsp3) is 0.375. The molecule has 1 aromatic heterocycles. The molecule has 1 unspecified atom stereocenters. The molecule has 0 amide bonds. The Morgan fingerprint density at radius 3 is 3.18 bits per heavy atom. The quantitative estimate of drug-likeness (QED) is 0.621. The van der Waals surface area contributed by atoms with Gasteiger partial charge in [-0.2, -0.15) is 0 Å². The molecule has 1 aliphatic heterocycles. The van der Waals surface area contributed by atoms with E-state index < -0.39 is 0 Å². The van der Waals surface area contributed by atoms with Gasteiger partial charge in [-0.15, -0.1) is 0 Å². The van der Waals surface area contributed by atoms with E-state index in [1.165, 1.54) is 0 Å². The fourth-order valence-electron chi connectivity index (χ4n) is 1.22. The van der Waals surface area contributed by atoms with Gasteiger partial charge in [0.2, 0.25) is 0 Å². The molecule has 1 aromatic rings. The highest BCUT2D eigenvalue weighted by molar-refractivity contribution is 5.13. The highest BCUT2D eigenvalue weighted by Crippen LogP contribution is 2.10. The molecule has 2 rings (SSSR count). The lowest BCUT2D eigenvalue weighted by atomic mass is 10.2. The summed E-state index contributed by atoms with van der Waals surface area (Å²) in [6.45, 7) is 1.90. The molecule has 0 aliphatic carbocycles. The molecule has 0 saturated carbocycles. The van der Waals surface area contributed by atoms with Gasteiger partial charge in [0, 0.05) is 31.0 Å². The van der Waals surface area contributed by atoms with Crippen LogP contribution in [0.15, 0.2) is 24.5 Å². The van der Waals surface area contributed by atoms with E-state index in [0.29, 0.717) is 0 Å². The Bertz CT molecular complexity index is 216. The molecule has 1 atom stereocenters. The normalized spacial score (nSPS) is 18.9. The number of nitrogens with zero attached hydrogens (tertiary/aromatic N) is 2. The Balaban J connectivity index is 2.16. The van der Waals surface area contributed by atoms with Crippen molar-refractivity contribution in [2.75, 3.05) is 13.1 Å².